The van der Waals surface area contributed by atoms with Gasteiger partial charge in [-0.05, 0) is 48.6 Å². The summed E-state index contributed by atoms with van der Waals surface area (Å²) in [7, 11) is 1.65. The average Bonchev–Trinajstić information content (AvgIpc) is 2.72. The molecule has 1 aliphatic rings. The predicted octanol–water partition coefficient (Wildman–Crippen LogP) is 4.85. The molecule has 2 aromatic rings. The number of allylic oxidation sites excluding steroid dienone is 1. The van der Waals surface area contributed by atoms with Gasteiger partial charge in [0.2, 0.25) is 5.91 Å². The van der Waals surface area contributed by atoms with Crippen LogP contribution in [0.4, 0.5) is 0 Å². The lowest BCUT2D eigenvalue weighted by Gasteiger charge is -2.31. The van der Waals surface area contributed by atoms with Crippen molar-refractivity contribution in [3.8, 4) is 5.75 Å². The molecule has 0 saturated carbocycles. The first kappa shape index (κ1) is 18.0. The van der Waals surface area contributed by atoms with Gasteiger partial charge in [0.05, 0.1) is 13.2 Å². The minimum absolute atomic E-state index is 0.0428. The van der Waals surface area contributed by atoms with E-state index in [1.54, 1.807) is 13.2 Å². The van der Waals surface area contributed by atoms with Gasteiger partial charge < -0.3 is 9.64 Å². The summed E-state index contributed by atoms with van der Waals surface area (Å²) in [6.07, 6.45) is 11.1. The number of amides is 1. The van der Waals surface area contributed by atoms with Crippen molar-refractivity contribution in [2.24, 2.45) is 0 Å². The molecule has 3 rings (SSSR count). The van der Waals surface area contributed by atoms with E-state index in [-0.39, 0.29) is 11.9 Å². The van der Waals surface area contributed by atoms with E-state index in [0.29, 0.717) is 6.54 Å². The molecule has 0 spiro atoms. The summed E-state index contributed by atoms with van der Waals surface area (Å²) in [5.74, 6) is 0.854. The molecule has 2 aromatic carbocycles. The molecule has 0 saturated heterocycles. The Morgan fingerprint density at radius 3 is 2.58 bits per heavy atom. The highest BCUT2D eigenvalue weighted by Crippen LogP contribution is 2.20. The van der Waals surface area contributed by atoms with Crippen LogP contribution < -0.4 is 4.74 Å². The predicted molar refractivity (Wildman–Crippen MR) is 106 cm³/mol. The van der Waals surface area contributed by atoms with E-state index in [1.165, 1.54) is 0 Å². The minimum atomic E-state index is 0.0428. The molecule has 26 heavy (non-hydrogen) atoms. The van der Waals surface area contributed by atoms with Crippen LogP contribution in [-0.4, -0.2) is 24.0 Å². The van der Waals surface area contributed by atoms with Crippen LogP contribution in [-0.2, 0) is 11.3 Å². The second-order valence-electron chi connectivity index (χ2n) is 6.48. The molecule has 0 bridgehead atoms. The zero-order chi connectivity index (χ0) is 18.2. The summed E-state index contributed by atoms with van der Waals surface area (Å²) >= 11 is 0. The molecule has 1 atom stereocenters. The van der Waals surface area contributed by atoms with E-state index in [1.807, 2.05) is 53.4 Å². The number of ether oxygens (including phenoxy) is 1. The van der Waals surface area contributed by atoms with E-state index in [2.05, 4.69) is 24.3 Å². The third-order valence-electron chi connectivity index (χ3n) is 4.64. The van der Waals surface area contributed by atoms with Crippen molar-refractivity contribution in [1.29, 1.82) is 0 Å². The van der Waals surface area contributed by atoms with E-state index in [0.717, 1.165) is 36.1 Å². The molecule has 0 heterocycles. The fraction of sp³-hybridized carbons (Fsp3) is 0.261. The largest absolute Gasteiger partial charge is 0.497 e. The Balaban J connectivity index is 1.75. The second-order valence-corrected chi connectivity index (χ2v) is 6.48. The summed E-state index contributed by atoms with van der Waals surface area (Å²) < 4.78 is 5.17. The van der Waals surface area contributed by atoms with Crippen molar-refractivity contribution in [2.45, 2.75) is 31.8 Å². The van der Waals surface area contributed by atoms with E-state index in [9.17, 15) is 4.79 Å². The Hall–Kier alpha value is -2.81. The summed E-state index contributed by atoms with van der Waals surface area (Å²) in [5.41, 5.74) is 2.13. The van der Waals surface area contributed by atoms with Crippen LogP contribution in [0.25, 0.3) is 6.08 Å². The maximum Gasteiger partial charge on any atom is 0.247 e. The van der Waals surface area contributed by atoms with Gasteiger partial charge in [-0.1, -0.05) is 54.6 Å². The monoisotopic (exact) mass is 347 g/mol. The number of carbonyl (C=O) groups excluding carboxylic acids is 1. The first-order valence-corrected chi connectivity index (χ1v) is 9.09. The highest BCUT2D eigenvalue weighted by molar-refractivity contribution is 5.92. The van der Waals surface area contributed by atoms with Gasteiger partial charge in [-0.15, -0.1) is 0 Å². The number of methoxy groups -OCH3 is 1. The SMILES string of the molecule is COc1ccc(/C=C/C(=O)N(Cc2ccccc2)C2C=CCCC2)cc1. The molecule has 3 nitrogen and oxygen atoms in total. The minimum Gasteiger partial charge on any atom is -0.497 e. The first-order valence-electron chi connectivity index (χ1n) is 9.09. The first-order chi connectivity index (χ1) is 12.8. The quantitative estimate of drug-likeness (QED) is 0.552. The van der Waals surface area contributed by atoms with Crippen molar-refractivity contribution in [1.82, 2.24) is 4.90 Å². The molecule has 0 fully saturated rings. The number of carbonyl (C=O) groups is 1. The Labute approximate surface area is 155 Å². The zero-order valence-corrected chi connectivity index (χ0v) is 15.2. The van der Waals surface area contributed by atoms with Crippen molar-refractivity contribution >= 4 is 12.0 Å². The molecule has 0 aliphatic heterocycles. The number of hydrogen-bond acceptors (Lipinski definition) is 2. The number of benzene rings is 2. The van der Waals surface area contributed by atoms with Gasteiger partial charge in [0, 0.05) is 12.6 Å². The normalized spacial score (nSPS) is 16.6. The molecule has 1 aliphatic carbocycles. The lowest BCUT2D eigenvalue weighted by molar-refractivity contribution is -0.128. The molecule has 0 N–H and O–H groups in total. The van der Waals surface area contributed by atoms with Gasteiger partial charge in [0.15, 0.2) is 0 Å². The summed E-state index contributed by atoms with van der Waals surface area (Å²) in [4.78, 5) is 14.9. The molecule has 134 valence electrons. The van der Waals surface area contributed by atoms with E-state index < -0.39 is 0 Å². The number of nitrogens with zero attached hydrogens (tertiary/aromatic N) is 1. The standard InChI is InChI=1S/C23H25NO2/c1-26-22-15-12-19(13-16-22)14-17-23(25)24(21-10-6-3-7-11-21)18-20-8-4-2-5-9-20/h2,4-6,8-10,12-17,21H,3,7,11,18H2,1H3/b17-14+. The average molecular weight is 347 g/mol. The van der Waals surface area contributed by atoms with Gasteiger partial charge in [-0.3, -0.25) is 4.79 Å². The van der Waals surface area contributed by atoms with Crippen LogP contribution in [0.1, 0.15) is 30.4 Å². The summed E-state index contributed by atoms with van der Waals surface area (Å²) in [5, 5.41) is 0. The van der Waals surface area contributed by atoms with Crippen LogP contribution in [0, 0.1) is 0 Å². The fourth-order valence-electron chi connectivity index (χ4n) is 3.17. The number of rotatable bonds is 6. The second kappa shape index (κ2) is 9.04. The third kappa shape index (κ3) is 4.85. The van der Waals surface area contributed by atoms with Crippen molar-refractivity contribution in [3.05, 3.63) is 84.0 Å². The molecule has 0 radical (unpaired) electrons. The van der Waals surface area contributed by atoms with Crippen LogP contribution in [0.3, 0.4) is 0 Å². The Kier molecular flexibility index (Phi) is 6.26. The van der Waals surface area contributed by atoms with Crippen molar-refractivity contribution in [2.75, 3.05) is 7.11 Å². The Bertz CT molecular complexity index is 763. The van der Waals surface area contributed by atoms with Gasteiger partial charge in [0.1, 0.15) is 5.75 Å². The van der Waals surface area contributed by atoms with Crippen LogP contribution in [0.5, 0.6) is 5.75 Å². The summed E-state index contributed by atoms with van der Waals surface area (Å²) in [6, 6.07) is 18.0. The van der Waals surface area contributed by atoms with Gasteiger partial charge >= 0.3 is 0 Å². The summed E-state index contributed by atoms with van der Waals surface area (Å²) in [6.45, 7) is 0.627. The molecule has 0 aromatic heterocycles. The zero-order valence-electron chi connectivity index (χ0n) is 15.2. The smallest absolute Gasteiger partial charge is 0.247 e. The van der Waals surface area contributed by atoms with Crippen LogP contribution in [0.2, 0.25) is 0 Å². The molecule has 1 unspecified atom stereocenters. The highest BCUT2D eigenvalue weighted by Gasteiger charge is 2.21. The molecular weight excluding hydrogens is 322 g/mol. The third-order valence-corrected chi connectivity index (χ3v) is 4.64. The highest BCUT2D eigenvalue weighted by atomic mass is 16.5. The van der Waals surface area contributed by atoms with Crippen molar-refractivity contribution in [3.63, 3.8) is 0 Å². The van der Waals surface area contributed by atoms with Crippen LogP contribution >= 0.6 is 0 Å². The van der Waals surface area contributed by atoms with Gasteiger partial charge in [0.25, 0.3) is 0 Å². The molecule has 3 heteroatoms. The van der Waals surface area contributed by atoms with Crippen molar-refractivity contribution < 1.29 is 9.53 Å². The topological polar surface area (TPSA) is 29.5 Å². The maximum absolute atomic E-state index is 12.9. The molecule has 1 amide bonds. The Morgan fingerprint density at radius 1 is 1.15 bits per heavy atom. The lowest BCUT2D eigenvalue weighted by Crippen LogP contribution is -2.38. The fourth-order valence-corrected chi connectivity index (χ4v) is 3.17. The van der Waals surface area contributed by atoms with Gasteiger partial charge in [-0.2, -0.15) is 0 Å². The maximum atomic E-state index is 12.9. The Morgan fingerprint density at radius 2 is 1.92 bits per heavy atom. The molecular formula is C23H25NO2. The van der Waals surface area contributed by atoms with Gasteiger partial charge in [-0.25, -0.2) is 0 Å². The van der Waals surface area contributed by atoms with E-state index in [4.69, 9.17) is 4.74 Å². The van der Waals surface area contributed by atoms with Crippen LogP contribution in [0.15, 0.2) is 72.8 Å². The number of hydrogen-bond donors (Lipinski definition) is 0. The van der Waals surface area contributed by atoms with E-state index >= 15 is 0 Å². The lowest BCUT2D eigenvalue weighted by atomic mass is 10.0.